The molecule has 0 rings (SSSR count). The van der Waals surface area contributed by atoms with Crippen molar-refractivity contribution in [2.45, 2.75) is 20.8 Å². The fourth-order valence-electron chi connectivity index (χ4n) is 0. The van der Waals surface area contributed by atoms with E-state index in [1.807, 2.05) is 0 Å². The van der Waals surface area contributed by atoms with Crippen molar-refractivity contribution in [3.05, 3.63) is 0 Å². The van der Waals surface area contributed by atoms with E-state index >= 15 is 0 Å². The minimum atomic E-state index is -0.757. The van der Waals surface area contributed by atoms with E-state index in [1.54, 1.807) is 20.8 Å². The third-order valence-corrected chi connectivity index (χ3v) is 0.642. The Bertz CT molecular complexity index is 82.9. The van der Waals surface area contributed by atoms with Crippen molar-refractivity contribution in [2.24, 2.45) is 5.41 Å². The van der Waals surface area contributed by atoms with E-state index in [1.165, 1.54) is 0 Å². The van der Waals surface area contributed by atoms with Crippen LogP contribution in [0.3, 0.4) is 0 Å². The molecule has 0 unspecified atom stereocenters. The van der Waals surface area contributed by atoms with Gasteiger partial charge >= 0.3 is 54.9 Å². The Morgan fingerprint density at radius 3 is 1.50 bits per heavy atom. The van der Waals surface area contributed by atoms with Gasteiger partial charge in [-0.25, -0.2) is 0 Å². The molecule has 0 heterocycles. The molecule has 2 nitrogen and oxygen atoms in total. The van der Waals surface area contributed by atoms with E-state index < -0.39 is 11.4 Å². The number of rotatable bonds is 0. The molecule has 0 bridgehead atoms. The normalized spacial score (nSPS) is 9.88. The van der Waals surface area contributed by atoms with Crippen LogP contribution in [0.4, 0.5) is 0 Å². The van der Waals surface area contributed by atoms with Crippen molar-refractivity contribution in [3.8, 4) is 0 Å². The van der Waals surface area contributed by atoms with Crippen LogP contribution in [0.2, 0.25) is 0 Å². The SMILES string of the molecule is CC(C)(C)C(=O)O.[BaH2]. The first kappa shape index (κ1) is 11.8. The molecule has 8 heavy (non-hydrogen) atoms. The third kappa shape index (κ3) is 5.18. The number of hydrogen-bond donors (Lipinski definition) is 1. The molecule has 0 aromatic heterocycles. The molecule has 3 heteroatoms. The van der Waals surface area contributed by atoms with Crippen LogP contribution in [0.5, 0.6) is 0 Å². The van der Waals surface area contributed by atoms with E-state index in [0.717, 1.165) is 0 Å². The molecule has 0 aliphatic heterocycles. The average molecular weight is 241 g/mol. The molecular formula is C5H12BaO2. The fourth-order valence-corrected chi connectivity index (χ4v) is 0. The molecule has 0 aromatic carbocycles. The Labute approximate surface area is 89.7 Å². The van der Waals surface area contributed by atoms with Crippen molar-refractivity contribution in [2.75, 3.05) is 0 Å². The Kier molecular flexibility index (Phi) is 5.83. The van der Waals surface area contributed by atoms with Gasteiger partial charge in [0.25, 0.3) is 0 Å². The summed E-state index contributed by atoms with van der Waals surface area (Å²) in [6, 6.07) is 0. The molecule has 0 aliphatic carbocycles. The molecule has 0 atom stereocenters. The van der Waals surface area contributed by atoms with Gasteiger partial charge in [0.05, 0.1) is 5.41 Å². The van der Waals surface area contributed by atoms with Crippen molar-refractivity contribution in [1.82, 2.24) is 0 Å². The first-order chi connectivity index (χ1) is 2.94. The predicted molar refractivity (Wildman–Crippen MR) is 35.6 cm³/mol. The van der Waals surface area contributed by atoms with Gasteiger partial charge < -0.3 is 5.11 Å². The van der Waals surface area contributed by atoms with E-state index in [9.17, 15) is 4.79 Å². The summed E-state index contributed by atoms with van der Waals surface area (Å²) in [6.45, 7) is 4.99. The molecule has 0 fully saturated rings. The van der Waals surface area contributed by atoms with Gasteiger partial charge in [0.1, 0.15) is 0 Å². The molecule has 0 radical (unpaired) electrons. The molecule has 0 saturated heterocycles. The second kappa shape index (κ2) is 3.95. The molecule has 0 spiro atoms. The van der Waals surface area contributed by atoms with Gasteiger partial charge in [0.2, 0.25) is 0 Å². The van der Waals surface area contributed by atoms with Crippen LogP contribution in [0, 0.1) is 5.41 Å². The van der Waals surface area contributed by atoms with Crippen molar-refractivity contribution in [3.63, 3.8) is 0 Å². The summed E-state index contributed by atoms with van der Waals surface area (Å²) in [6.07, 6.45) is 0. The molecule has 1 N–H and O–H groups in total. The quantitative estimate of drug-likeness (QED) is 0.615. The first-order valence-electron chi connectivity index (χ1n) is 2.18. The van der Waals surface area contributed by atoms with Crippen LogP contribution in [0.25, 0.3) is 0 Å². The Morgan fingerprint density at radius 2 is 1.50 bits per heavy atom. The number of hydrogen-bond acceptors (Lipinski definition) is 1. The van der Waals surface area contributed by atoms with Gasteiger partial charge in [0, 0.05) is 0 Å². The molecule has 0 amide bonds. The van der Waals surface area contributed by atoms with Crippen LogP contribution in [0.1, 0.15) is 20.8 Å². The molecule has 0 aliphatic rings. The molecule has 0 saturated carbocycles. The number of carboxylic acid groups (broad SMARTS) is 1. The maximum absolute atomic E-state index is 10.0. The van der Waals surface area contributed by atoms with Crippen molar-refractivity contribution in [1.29, 1.82) is 0 Å². The average Bonchev–Trinajstić information content (AvgIpc) is 1.31. The van der Waals surface area contributed by atoms with Gasteiger partial charge in [-0.1, -0.05) is 0 Å². The monoisotopic (exact) mass is 242 g/mol. The van der Waals surface area contributed by atoms with Gasteiger partial charge in [-0.05, 0) is 20.8 Å². The van der Waals surface area contributed by atoms with E-state index in [2.05, 4.69) is 0 Å². The van der Waals surface area contributed by atoms with Crippen LogP contribution in [-0.4, -0.2) is 60.0 Å². The molecular weight excluding hydrogens is 229 g/mol. The van der Waals surface area contributed by atoms with E-state index in [-0.39, 0.29) is 48.9 Å². The topological polar surface area (TPSA) is 37.3 Å². The Hall–Kier alpha value is 1.04. The summed E-state index contributed by atoms with van der Waals surface area (Å²) in [4.78, 5) is 10.0. The predicted octanol–water partition coefficient (Wildman–Crippen LogP) is 0.201. The van der Waals surface area contributed by atoms with Crippen LogP contribution in [0.15, 0.2) is 0 Å². The molecule has 46 valence electrons. The van der Waals surface area contributed by atoms with Crippen molar-refractivity contribution >= 4 is 54.9 Å². The van der Waals surface area contributed by atoms with E-state index in [4.69, 9.17) is 5.11 Å². The number of carbonyl (C=O) groups is 1. The van der Waals surface area contributed by atoms with Crippen molar-refractivity contribution < 1.29 is 9.90 Å². The standard InChI is InChI=1S/C5H10O2.Ba.2H/c1-5(2,3)4(6)7;;;/h1-3H3,(H,6,7);;;. The fraction of sp³-hybridized carbons (Fsp3) is 0.800. The maximum atomic E-state index is 10.0. The second-order valence-corrected chi connectivity index (χ2v) is 2.56. The zero-order valence-corrected chi connectivity index (χ0v) is 4.86. The Morgan fingerprint density at radius 1 is 1.38 bits per heavy atom. The summed E-state index contributed by atoms with van der Waals surface area (Å²) in [5, 5.41) is 8.25. The Balaban J connectivity index is 0. The van der Waals surface area contributed by atoms with Crippen LogP contribution in [-0.2, 0) is 4.79 Å². The summed E-state index contributed by atoms with van der Waals surface area (Å²) >= 11 is 0. The van der Waals surface area contributed by atoms with Gasteiger partial charge in [-0.3, -0.25) is 4.79 Å². The van der Waals surface area contributed by atoms with Crippen LogP contribution >= 0.6 is 0 Å². The van der Waals surface area contributed by atoms with E-state index in [0.29, 0.717) is 0 Å². The van der Waals surface area contributed by atoms with Gasteiger partial charge in [0.15, 0.2) is 0 Å². The summed E-state index contributed by atoms with van der Waals surface area (Å²) in [5.41, 5.74) is -0.583. The molecule has 0 aromatic rings. The second-order valence-electron chi connectivity index (χ2n) is 2.56. The zero-order valence-electron chi connectivity index (χ0n) is 4.86. The summed E-state index contributed by atoms with van der Waals surface area (Å²) in [7, 11) is 0. The minimum absolute atomic E-state index is 0. The number of aliphatic carboxylic acids is 1. The van der Waals surface area contributed by atoms with Crippen LogP contribution < -0.4 is 0 Å². The van der Waals surface area contributed by atoms with Gasteiger partial charge in [-0.15, -0.1) is 0 Å². The zero-order chi connectivity index (χ0) is 6.08. The summed E-state index contributed by atoms with van der Waals surface area (Å²) < 4.78 is 0. The number of carboxylic acids is 1. The summed E-state index contributed by atoms with van der Waals surface area (Å²) in [5.74, 6) is -0.757. The first-order valence-corrected chi connectivity index (χ1v) is 2.18. The third-order valence-electron chi connectivity index (χ3n) is 0.642. The van der Waals surface area contributed by atoms with Gasteiger partial charge in [-0.2, -0.15) is 0 Å².